The van der Waals surface area contributed by atoms with Crippen LogP contribution in [0.4, 0.5) is 0 Å². The Kier molecular flexibility index (Phi) is 3.82. The van der Waals surface area contributed by atoms with Crippen LogP contribution in [0.15, 0.2) is 16.9 Å². The van der Waals surface area contributed by atoms with Gasteiger partial charge in [0.15, 0.2) is 5.82 Å². The van der Waals surface area contributed by atoms with Crippen LogP contribution in [0.25, 0.3) is 0 Å². The van der Waals surface area contributed by atoms with Crippen LogP contribution in [0.3, 0.4) is 0 Å². The quantitative estimate of drug-likeness (QED) is 0.837. The zero-order valence-electron chi connectivity index (χ0n) is 12.0. The third-order valence-electron chi connectivity index (χ3n) is 3.75. The van der Waals surface area contributed by atoms with Crippen LogP contribution in [0.1, 0.15) is 49.6 Å². The van der Waals surface area contributed by atoms with Gasteiger partial charge in [0.25, 0.3) is 0 Å². The Morgan fingerprint density at radius 2 is 2.35 bits per heavy atom. The first kappa shape index (κ1) is 13.3. The van der Waals surface area contributed by atoms with Crippen molar-refractivity contribution in [1.29, 1.82) is 0 Å². The van der Waals surface area contributed by atoms with E-state index in [-0.39, 0.29) is 0 Å². The number of imidazole rings is 1. The van der Waals surface area contributed by atoms with Crippen molar-refractivity contribution in [1.82, 2.24) is 25.0 Å². The number of aromatic nitrogens is 4. The van der Waals surface area contributed by atoms with E-state index in [2.05, 4.69) is 31.9 Å². The monoisotopic (exact) mass is 275 g/mol. The van der Waals surface area contributed by atoms with Gasteiger partial charge in [0.2, 0.25) is 5.89 Å². The summed E-state index contributed by atoms with van der Waals surface area (Å²) in [5.74, 6) is 3.16. The molecule has 3 rings (SSSR count). The number of hydrogen-bond acceptors (Lipinski definition) is 5. The molecule has 20 heavy (non-hydrogen) atoms. The van der Waals surface area contributed by atoms with E-state index in [0.717, 1.165) is 30.5 Å². The van der Waals surface area contributed by atoms with E-state index in [1.54, 1.807) is 0 Å². The lowest BCUT2D eigenvalue weighted by Crippen LogP contribution is -2.27. The predicted molar refractivity (Wildman–Crippen MR) is 74.2 cm³/mol. The fourth-order valence-corrected chi connectivity index (χ4v) is 2.18. The van der Waals surface area contributed by atoms with Crippen LogP contribution >= 0.6 is 0 Å². The second-order valence-corrected chi connectivity index (χ2v) is 5.56. The zero-order valence-corrected chi connectivity index (χ0v) is 12.0. The molecule has 1 N–H and O–H groups in total. The highest BCUT2D eigenvalue weighted by Crippen LogP contribution is 2.38. The van der Waals surface area contributed by atoms with Gasteiger partial charge in [-0.1, -0.05) is 5.16 Å². The second-order valence-electron chi connectivity index (χ2n) is 5.56. The third-order valence-corrected chi connectivity index (χ3v) is 3.75. The highest BCUT2D eigenvalue weighted by atomic mass is 16.5. The normalized spacial score (nSPS) is 16.5. The number of nitrogens with one attached hydrogen (secondary N) is 1. The smallest absolute Gasteiger partial charge is 0.229 e. The van der Waals surface area contributed by atoms with E-state index < -0.39 is 0 Å². The van der Waals surface area contributed by atoms with Crippen molar-refractivity contribution in [3.05, 3.63) is 29.9 Å². The Labute approximate surface area is 118 Å². The number of rotatable bonds is 7. The lowest BCUT2D eigenvalue weighted by molar-refractivity contribution is 0.370. The summed E-state index contributed by atoms with van der Waals surface area (Å²) in [6, 6.07) is 0.402. The Hall–Kier alpha value is -1.69. The Morgan fingerprint density at radius 1 is 1.50 bits per heavy atom. The molecule has 0 aromatic carbocycles. The van der Waals surface area contributed by atoms with Crippen LogP contribution in [0.2, 0.25) is 0 Å². The summed E-state index contributed by atoms with van der Waals surface area (Å²) in [5.41, 5.74) is 0. The summed E-state index contributed by atoms with van der Waals surface area (Å²) in [7, 11) is 0. The largest absolute Gasteiger partial charge is 0.339 e. The second kappa shape index (κ2) is 5.75. The highest BCUT2D eigenvalue weighted by molar-refractivity contribution is 5.01. The molecule has 1 aliphatic carbocycles. The van der Waals surface area contributed by atoms with Crippen LogP contribution in [0, 0.1) is 6.92 Å². The molecule has 0 amide bonds. The standard InChI is InChI=1S/C14H21N5O/c1-10(5-7-19-8-6-15-11(19)2)16-9-13-17-14(20-18-13)12-3-4-12/h6,8,10,12,16H,3-5,7,9H2,1-2H3. The summed E-state index contributed by atoms with van der Waals surface area (Å²) in [6.45, 7) is 5.84. The molecule has 0 aliphatic heterocycles. The van der Waals surface area contributed by atoms with Crippen molar-refractivity contribution in [2.75, 3.05) is 0 Å². The molecule has 1 fully saturated rings. The minimum Gasteiger partial charge on any atom is -0.339 e. The zero-order chi connectivity index (χ0) is 13.9. The lowest BCUT2D eigenvalue weighted by Gasteiger charge is -2.13. The summed E-state index contributed by atoms with van der Waals surface area (Å²) < 4.78 is 7.41. The summed E-state index contributed by atoms with van der Waals surface area (Å²) in [4.78, 5) is 8.64. The minimum absolute atomic E-state index is 0.402. The summed E-state index contributed by atoms with van der Waals surface area (Å²) >= 11 is 0. The maximum atomic E-state index is 5.24. The van der Waals surface area contributed by atoms with Gasteiger partial charge in [-0.15, -0.1) is 0 Å². The van der Waals surface area contributed by atoms with Gasteiger partial charge in [0.1, 0.15) is 5.82 Å². The van der Waals surface area contributed by atoms with E-state index in [1.807, 2.05) is 19.3 Å². The Bertz CT molecular complexity index is 557. The number of hydrogen-bond donors (Lipinski definition) is 1. The molecule has 6 nitrogen and oxygen atoms in total. The van der Waals surface area contributed by atoms with Crippen molar-refractivity contribution >= 4 is 0 Å². The molecule has 6 heteroatoms. The van der Waals surface area contributed by atoms with Crippen molar-refractivity contribution in [3.8, 4) is 0 Å². The maximum absolute atomic E-state index is 5.24. The summed E-state index contributed by atoms with van der Waals surface area (Å²) in [5, 5.41) is 7.44. The van der Waals surface area contributed by atoms with E-state index in [9.17, 15) is 0 Å². The fourth-order valence-electron chi connectivity index (χ4n) is 2.18. The molecular formula is C14H21N5O. The van der Waals surface area contributed by atoms with Crippen molar-refractivity contribution in [3.63, 3.8) is 0 Å². The van der Waals surface area contributed by atoms with E-state index in [1.165, 1.54) is 12.8 Å². The number of aryl methyl sites for hydroxylation is 2. The molecule has 108 valence electrons. The van der Waals surface area contributed by atoms with Gasteiger partial charge >= 0.3 is 0 Å². The van der Waals surface area contributed by atoms with Crippen LogP contribution in [-0.2, 0) is 13.1 Å². The minimum atomic E-state index is 0.402. The van der Waals surface area contributed by atoms with Crippen molar-refractivity contribution in [2.45, 2.75) is 58.2 Å². The first-order chi connectivity index (χ1) is 9.72. The average Bonchev–Trinajstić information content (AvgIpc) is 3.04. The van der Waals surface area contributed by atoms with Gasteiger partial charge in [-0.2, -0.15) is 4.98 Å². The van der Waals surface area contributed by atoms with E-state index >= 15 is 0 Å². The predicted octanol–water partition coefficient (Wildman–Crippen LogP) is 2.02. The van der Waals surface area contributed by atoms with Gasteiger partial charge in [0.05, 0.1) is 6.54 Å². The topological polar surface area (TPSA) is 68.8 Å². The van der Waals surface area contributed by atoms with Gasteiger partial charge < -0.3 is 14.4 Å². The molecule has 1 atom stereocenters. The number of nitrogens with zero attached hydrogens (tertiary/aromatic N) is 4. The Balaban J connectivity index is 1.42. The highest BCUT2D eigenvalue weighted by Gasteiger charge is 2.29. The van der Waals surface area contributed by atoms with Gasteiger partial charge in [-0.05, 0) is 33.1 Å². The molecule has 0 spiro atoms. The lowest BCUT2D eigenvalue weighted by atomic mass is 10.2. The molecular weight excluding hydrogens is 254 g/mol. The summed E-state index contributed by atoms with van der Waals surface area (Å²) in [6.07, 6.45) is 7.28. The molecule has 1 aliphatic rings. The van der Waals surface area contributed by atoms with Gasteiger partial charge in [0, 0.05) is 30.9 Å². The Morgan fingerprint density at radius 3 is 3.05 bits per heavy atom. The van der Waals surface area contributed by atoms with Crippen molar-refractivity contribution < 1.29 is 4.52 Å². The van der Waals surface area contributed by atoms with E-state index in [0.29, 0.717) is 18.5 Å². The van der Waals surface area contributed by atoms with Gasteiger partial charge in [-0.25, -0.2) is 4.98 Å². The first-order valence-corrected chi connectivity index (χ1v) is 7.26. The van der Waals surface area contributed by atoms with Gasteiger partial charge in [-0.3, -0.25) is 0 Å². The van der Waals surface area contributed by atoms with Crippen LogP contribution in [-0.4, -0.2) is 25.7 Å². The van der Waals surface area contributed by atoms with Crippen LogP contribution in [0.5, 0.6) is 0 Å². The molecule has 2 aromatic rings. The molecule has 1 saturated carbocycles. The molecule has 0 radical (unpaired) electrons. The maximum Gasteiger partial charge on any atom is 0.229 e. The molecule has 2 heterocycles. The molecule has 0 bridgehead atoms. The molecule has 0 saturated heterocycles. The molecule has 2 aromatic heterocycles. The first-order valence-electron chi connectivity index (χ1n) is 7.26. The SMILES string of the molecule is Cc1nccn1CCC(C)NCc1noc(C2CC2)n1. The van der Waals surface area contributed by atoms with Crippen LogP contribution < -0.4 is 5.32 Å². The molecule has 1 unspecified atom stereocenters. The average molecular weight is 275 g/mol. The fraction of sp³-hybridized carbons (Fsp3) is 0.643. The van der Waals surface area contributed by atoms with Crippen molar-refractivity contribution in [2.24, 2.45) is 0 Å². The van der Waals surface area contributed by atoms with E-state index in [4.69, 9.17) is 4.52 Å². The third kappa shape index (κ3) is 3.25.